The van der Waals surface area contributed by atoms with Crippen LogP contribution in [-0.2, 0) is 4.79 Å². The third-order valence-corrected chi connectivity index (χ3v) is 5.30. The first-order valence-electron chi connectivity index (χ1n) is 7.96. The van der Waals surface area contributed by atoms with Crippen molar-refractivity contribution >= 4 is 18.3 Å². The van der Waals surface area contributed by atoms with E-state index in [1.54, 1.807) is 0 Å². The molecular weight excluding hydrogens is 272 g/mol. The minimum Gasteiger partial charge on any atom is -0.353 e. The Morgan fingerprint density at radius 3 is 2.30 bits per heavy atom. The van der Waals surface area contributed by atoms with E-state index in [2.05, 4.69) is 26.1 Å². The molecular formula is C16H31ClN2O. The molecule has 2 bridgehead atoms. The molecule has 2 aliphatic rings. The Morgan fingerprint density at radius 1 is 1.25 bits per heavy atom. The first-order chi connectivity index (χ1) is 8.91. The van der Waals surface area contributed by atoms with Crippen LogP contribution in [0.2, 0.25) is 0 Å². The summed E-state index contributed by atoms with van der Waals surface area (Å²) in [5.41, 5.74) is 6.24. The van der Waals surface area contributed by atoms with Gasteiger partial charge in [-0.2, -0.15) is 0 Å². The number of nitrogens with two attached hydrogens (primary N) is 1. The lowest BCUT2D eigenvalue weighted by Crippen LogP contribution is -2.54. The van der Waals surface area contributed by atoms with Crippen molar-refractivity contribution in [2.75, 3.05) is 0 Å². The first-order valence-corrected chi connectivity index (χ1v) is 7.96. The first kappa shape index (κ1) is 17.8. The molecule has 0 heterocycles. The van der Waals surface area contributed by atoms with Gasteiger partial charge in [0.05, 0.1) is 0 Å². The maximum Gasteiger partial charge on any atom is 0.220 e. The fourth-order valence-electron chi connectivity index (χ4n) is 3.82. The molecule has 2 fully saturated rings. The van der Waals surface area contributed by atoms with Gasteiger partial charge in [-0.15, -0.1) is 12.4 Å². The summed E-state index contributed by atoms with van der Waals surface area (Å²) in [7, 11) is 0. The molecule has 0 saturated heterocycles. The second-order valence-corrected chi connectivity index (χ2v) is 7.47. The number of nitrogens with one attached hydrogen (secondary N) is 1. The van der Waals surface area contributed by atoms with Crippen molar-refractivity contribution < 1.29 is 4.79 Å². The maximum absolute atomic E-state index is 12.3. The van der Waals surface area contributed by atoms with Gasteiger partial charge in [0.2, 0.25) is 5.91 Å². The zero-order valence-corrected chi connectivity index (χ0v) is 14.0. The van der Waals surface area contributed by atoms with Crippen LogP contribution in [0.1, 0.15) is 65.7 Å². The van der Waals surface area contributed by atoms with E-state index >= 15 is 0 Å². The second-order valence-electron chi connectivity index (χ2n) is 7.47. The molecule has 3 nitrogen and oxygen atoms in total. The third-order valence-electron chi connectivity index (χ3n) is 5.30. The quantitative estimate of drug-likeness (QED) is 0.837. The molecule has 2 saturated carbocycles. The van der Waals surface area contributed by atoms with Gasteiger partial charge in [-0.25, -0.2) is 0 Å². The van der Waals surface area contributed by atoms with Gasteiger partial charge in [-0.1, -0.05) is 33.6 Å². The Morgan fingerprint density at radius 2 is 1.80 bits per heavy atom. The molecule has 0 aromatic rings. The van der Waals surface area contributed by atoms with Gasteiger partial charge in [-0.3, -0.25) is 4.79 Å². The Hall–Kier alpha value is -0.280. The van der Waals surface area contributed by atoms with E-state index < -0.39 is 0 Å². The lowest BCUT2D eigenvalue weighted by molar-refractivity contribution is -0.125. The summed E-state index contributed by atoms with van der Waals surface area (Å²) in [5, 5.41) is 3.34. The molecule has 0 radical (unpaired) electrons. The lowest BCUT2D eigenvalue weighted by atomic mass is 9.67. The molecule has 2 unspecified atom stereocenters. The number of halogens is 1. The van der Waals surface area contributed by atoms with Gasteiger partial charge in [-0.05, 0) is 42.9 Å². The van der Waals surface area contributed by atoms with E-state index in [0.29, 0.717) is 30.3 Å². The van der Waals surface area contributed by atoms with Crippen LogP contribution in [0.5, 0.6) is 0 Å². The minimum absolute atomic E-state index is 0. The highest BCUT2D eigenvalue weighted by molar-refractivity contribution is 5.85. The average Bonchev–Trinajstić information content (AvgIpc) is 2.29. The van der Waals surface area contributed by atoms with E-state index in [1.807, 2.05) is 0 Å². The van der Waals surface area contributed by atoms with Crippen LogP contribution < -0.4 is 11.1 Å². The summed E-state index contributed by atoms with van der Waals surface area (Å²) in [4.78, 5) is 12.3. The molecule has 0 aromatic carbocycles. The molecule has 2 rings (SSSR count). The van der Waals surface area contributed by atoms with Crippen LogP contribution >= 0.6 is 12.4 Å². The molecule has 2 aliphatic carbocycles. The summed E-state index contributed by atoms with van der Waals surface area (Å²) >= 11 is 0. The second kappa shape index (κ2) is 7.13. The van der Waals surface area contributed by atoms with E-state index in [-0.39, 0.29) is 23.7 Å². The zero-order valence-electron chi connectivity index (χ0n) is 13.2. The van der Waals surface area contributed by atoms with Crippen LogP contribution in [0.15, 0.2) is 0 Å². The van der Waals surface area contributed by atoms with E-state index in [0.717, 1.165) is 19.3 Å². The maximum atomic E-state index is 12.3. The number of hydrogen-bond acceptors (Lipinski definition) is 2. The highest BCUT2D eigenvalue weighted by Gasteiger charge is 2.40. The topological polar surface area (TPSA) is 55.1 Å². The fraction of sp³-hybridized carbons (Fsp3) is 0.938. The van der Waals surface area contributed by atoms with Crippen molar-refractivity contribution in [3.8, 4) is 0 Å². The fourth-order valence-corrected chi connectivity index (χ4v) is 3.82. The van der Waals surface area contributed by atoms with Gasteiger partial charge in [0.1, 0.15) is 0 Å². The Kier molecular flexibility index (Phi) is 6.33. The normalized spacial score (nSPS) is 33.2. The Labute approximate surface area is 129 Å². The van der Waals surface area contributed by atoms with Crippen molar-refractivity contribution in [2.45, 2.75) is 77.8 Å². The molecule has 1 amide bonds. The summed E-state index contributed by atoms with van der Waals surface area (Å²) in [6.07, 6.45) is 7.68. The Bertz CT molecular complexity index is 318. The van der Waals surface area contributed by atoms with Crippen molar-refractivity contribution in [3.05, 3.63) is 0 Å². The highest BCUT2D eigenvalue weighted by atomic mass is 35.5. The molecule has 20 heavy (non-hydrogen) atoms. The molecule has 3 N–H and O–H groups in total. The number of amides is 1. The van der Waals surface area contributed by atoms with Crippen LogP contribution in [-0.4, -0.2) is 18.0 Å². The SMILES string of the molecule is CCC(C)(C)CC(=O)NC1C2CCCC1CC(N)C2.Cl. The number of carbonyl (C=O) groups is 1. The van der Waals surface area contributed by atoms with Gasteiger partial charge in [0.25, 0.3) is 0 Å². The number of hydrogen-bond donors (Lipinski definition) is 2. The van der Waals surface area contributed by atoms with E-state index in [9.17, 15) is 4.79 Å². The standard InChI is InChI=1S/C16H30N2O.ClH/c1-4-16(2,3)10-14(19)18-15-11-6-5-7-12(15)9-13(17)8-11;/h11-13,15H,4-10,17H2,1-3H3,(H,18,19);1H. The molecule has 0 spiro atoms. The summed E-state index contributed by atoms with van der Waals surface area (Å²) in [6, 6.07) is 0.754. The van der Waals surface area contributed by atoms with Gasteiger partial charge >= 0.3 is 0 Å². The zero-order chi connectivity index (χ0) is 14.0. The highest BCUT2D eigenvalue weighted by Crippen LogP contribution is 2.39. The Balaban J connectivity index is 0.00000200. The van der Waals surface area contributed by atoms with Crippen molar-refractivity contribution in [1.29, 1.82) is 0 Å². The monoisotopic (exact) mass is 302 g/mol. The summed E-state index contributed by atoms with van der Waals surface area (Å²) < 4.78 is 0. The molecule has 0 aliphatic heterocycles. The number of carbonyl (C=O) groups excluding carboxylic acids is 1. The van der Waals surface area contributed by atoms with Crippen LogP contribution in [0, 0.1) is 17.3 Å². The summed E-state index contributed by atoms with van der Waals surface area (Å²) in [5.74, 6) is 1.48. The predicted octanol–water partition coefficient (Wildman–Crippen LogP) is 3.26. The van der Waals surface area contributed by atoms with Crippen LogP contribution in [0.3, 0.4) is 0 Å². The number of fused-ring (bicyclic) bond motifs is 2. The minimum atomic E-state index is 0. The summed E-state index contributed by atoms with van der Waals surface area (Å²) in [6.45, 7) is 6.50. The van der Waals surface area contributed by atoms with Gasteiger partial charge < -0.3 is 11.1 Å². The molecule has 4 heteroatoms. The van der Waals surface area contributed by atoms with Crippen molar-refractivity contribution in [3.63, 3.8) is 0 Å². The largest absolute Gasteiger partial charge is 0.353 e. The van der Waals surface area contributed by atoms with Crippen LogP contribution in [0.25, 0.3) is 0 Å². The van der Waals surface area contributed by atoms with Gasteiger partial charge in [0.15, 0.2) is 0 Å². The smallest absolute Gasteiger partial charge is 0.220 e. The molecule has 2 atom stereocenters. The third kappa shape index (κ3) is 4.36. The lowest BCUT2D eigenvalue weighted by Gasteiger charge is -2.45. The van der Waals surface area contributed by atoms with Crippen molar-refractivity contribution in [2.24, 2.45) is 23.0 Å². The predicted molar refractivity (Wildman–Crippen MR) is 85.9 cm³/mol. The van der Waals surface area contributed by atoms with E-state index in [1.165, 1.54) is 19.3 Å². The van der Waals surface area contributed by atoms with E-state index in [4.69, 9.17) is 5.73 Å². The van der Waals surface area contributed by atoms with Gasteiger partial charge in [0, 0.05) is 18.5 Å². The van der Waals surface area contributed by atoms with Crippen molar-refractivity contribution in [1.82, 2.24) is 5.32 Å². The molecule has 0 aromatic heterocycles. The molecule has 118 valence electrons. The number of rotatable bonds is 4. The van der Waals surface area contributed by atoms with Crippen LogP contribution in [0.4, 0.5) is 0 Å². The average molecular weight is 303 g/mol.